The Morgan fingerprint density at radius 3 is 2.64 bits per heavy atom. The number of hydrogen-bond donors (Lipinski definition) is 1. The van der Waals surface area contributed by atoms with E-state index in [1.54, 1.807) is 18.2 Å². The van der Waals surface area contributed by atoms with E-state index in [0.717, 1.165) is 5.56 Å². The van der Waals surface area contributed by atoms with Crippen LogP contribution in [0.1, 0.15) is 27.9 Å². The van der Waals surface area contributed by atoms with Crippen molar-refractivity contribution in [1.82, 2.24) is 10.2 Å². The van der Waals surface area contributed by atoms with Crippen molar-refractivity contribution in [3.8, 4) is 11.5 Å². The Hall–Kier alpha value is -3.35. The number of rotatable bonds is 3. The molecule has 2 aromatic carbocycles. The van der Waals surface area contributed by atoms with Crippen molar-refractivity contribution in [2.45, 2.75) is 13.0 Å². The molecule has 7 heteroatoms. The van der Waals surface area contributed by atoms with Crippen molar-refractivity contribution in [2.24, 2.45) is 0 Å². The van der Waals surface area contributed by atoms with Crippen LogP contribution < -0.4 is 14.8 Å². The van der Waals surface area contributed by atoms with Crippen LogP contribution in [0.15, 0.2) is 52.9 Å². The van der Waals surface area contributed by atoms with Crippen LogP contribution in [0.25, 0.3) is 0 Å². The maximum atomic E-state index is 12.2. The highest BCUT2D eigenvalue weighted by Gasteiger charge is 2.27. The number of aromatic nitrogens is 2. The smallest absolute Gasteiger partial charge is 0.322 e. The molecule has 4 rings (SSSR count). The summed E-state index contributed by atoms with van der Waals surface area (Å²) in [5.41, 5.74) is 1.59. The van der Waals surface area contributed by atoms with Crippen LogP contribution in [0, 0.1) is 6.92 Å². The van der Waals surface area contributed by atoms with E-state index >= 15 is 0 Å². The number of hydrogen-bond acceptors (Lipinski definition) is 6. The van der Waals surface area contributed by atoms with Gasteiger partial charge in [0.2, 0.25) is 6.10 Å². The average Bonchev–Trinajstić information content (AvgIpc) is 3.10. The van der Waals surface area contributed by atoms with Crippen LogP contribution in [0.2, 0.25) is 0 Å². The third-order valence-corrected chi connectivity index (χ3v) is 3.76. The molecule has 1 N–H and O–H groups in total. The zero-order valence-electron chi connectivity index (χ0n) is 13.4. The number of anilines is 1. The van der Waals surface area contributed by atoms with Gasteiger partial charge in [-0.2, -0.15) is 0 Å². The first kappa shape index (κ1) is 15.2. The lowest BCUT2D eigenvalue weighted by Crippen LogP contribution is -2.21. The van der Waals surface area contributed by atoms with Gasteiger partial charge in [-0.25, -0.2) is 0 Å². The first-order valence-corrected chi connectivity index (χ1v) is 7.79. The topological polar surface area (TPSA) is 86.5 Å². The second-order valence-electron chi connectivity index (χ2n) is 5.63. The summed E-state index contributed by atoms with van der Waals surface area (Å²) in [7, 11) is 0. The molecule has 1 amide bonds. The molecule has 0 unspecified atom stereocenters. The molecule has 0 radical (unpaired) electrons. The fourth-order valence-corrected chi connectivity index (χ4v) is 2.43. The van der Waals surface area contributed by atoms with E-state index in [4.69, 9.17) is 13.9 Å². The van der Waals surface area contributed by atoms with Crippen LogP contribution in [0.3, 0.4) is 0 Å². The van der Waals surface area contributed by atoms with E-state index in [2.05, 4.69) is 15.5 Å². The van der Waals surface area contributed by atoms with Crippen LogP contribution in [-0.2, 0) is 0 Å². The lowest BCUT2D eigenvalue weighted by atomic mass is 10.1. The summed E-state index contributed by atoms with van der Waals surface area (Å²) < 4.78 is 16.9. The first-order valence-electron chi connectivity index (χ1n) is 7.79. The zero-order chi connectivity index (χ0) is 17.2. The third-order valence-electron chi connectivity index (χ3n) is 3.76. The maximum absolute atomic E-state index is 12.2. The van der Waals surface area contributed by atoms with Crippen molar-refractivity contribution in [2.75, 3.05) is 11.9 Å². The van der Waals surface area contributed by atoms with Crippen molar-refractivity contribution in [3.05, 3.63) is 65.5 Å². The average molecular weight is 337 g/mol. The minimum absolute atomic E-state index is 0.0167. The Morgan fingerprint density at radius 1 is 1.08 bits per heavy atom. The van der Waals surface area contributed by atoms with Crippen LogP contribution in [0.5, 0.6) is 11.5 Å². The molecule has 25 heavy (non-hydrogen) atoms. The zero-order valence-corrected chi connectivity index (χ0v) is 13.4. The molecule has 126 valence electrons. The minimum atomic E-state index is -0.521. The molecule has 0 fully saturated rings. The number of nitrogens with one attached hydrogen (secondary N) is 1. The minimum Gasteiger partial charge on any atom is -0.485 e. The first-order chi connectivity index (χ1) is 12.2. The van der Waals surface area contributed by atoms with Gasteiger partial charge in [-0.05, 0) is 31.2 Å². The molecular formula is C18H15N3O4. The quantitative estimate of drug-likeness (QED) is 0.790. The molecule has 1 atom stereocenters. The third kappa shape index (κ3) is 3.16. The van der Waals surface area contributed by atoms with Gasteiger partial charge >= 0.3 is 6.01 Å². The molecule has 2 heterocycles. The Labute approximate surface area is 143 Å². The summed E-state index contributed by atoms with van der Waals surface area (Å²) in [6, 6.07) is 14.6. The van der Waals surface area contributed by atoms with E-state index in [-0.39, 0.29) is 24.4 Å². The van der Waals surface area contributed by atoms with Gasteiger partial charge in [0.25, 0.3) is 11.8 Å². The van der Waals surface area contributed by atoms with Gasteiger partial charge < -0.3 is 13.9 Å². The molecule has 0 bridgehead atoms. The summed E-state index contributed by atoms with van der Waals surface area (Å²) in [6.07, 6.45) is -0.521. The Bertz CT molecular complexity index is 905. The number of para-hydroxylation sites is 2. The van der Waals surface area contributed by atoms with Crippen LogP contribution in [-0.4, -0.2) is 22.7 Å². The van der Waals surface area contributed by atoms with Gasteiger partial charge in [0.05, 0.1) is 0 Å². The van der Waals surface area contributed by atoms with Gasteiger partial charge in [0, 0.05) is 5.56 Å². The predicted octanol–water partition coefficient (Wildman–Crippen LogP) is 3.14. The monoisotopic (exact) mass is 337 g/mol. The lowest BCUT2D eigenvalue weighted by Gasteiger charge is -2.23. The summed E-state index contributed by atoms with van der Waals surface area (Å²) in [4.78, 5) is 12.2. The van der Waals surface area contributed by atoms with E-state index in [0.29, 0.717) is 17.1 Å². The van der Waals surface area contributed by atoms with Crippen LogP contribution in [0.4, 0.5) is 6.01 Å². The number of nitrogens with zero attached hydrogens (tertiary/aromatic N) is 2. The molecular weight excluding hydrogens is 322 g/mol. The second-order valence-corrected chi connectivity index (χ2v) is 5.63. The molecule has 3 aromatic rings. The standard InChI is InChI=1S/C18H15N3O4/c1-11-6-8-12(9-7-11)16(22)19-18-21-20-17(25-18)15-10-23-13-4-2-3-5-14(13)24-15/h2-9,15H,10H2,1H3,(H,19,21,22)/t15-/m0/s1. The molecule has 1 aliphatic rings. The van der Waals surface area contributed by atoms with Crippen molar-refractivity contribution < 1.29 is 18.7 Å². The SMILES string of the molecule is Cc1ccc(C(=O)Nc2nnc([C@@H]3COc4ccccc4O3)o2)cc1. The Morgan fingerprint density at radius 2 is 1.84 bits per heavy atom. The molecule has 0 saturated heterocycles. The maximum Gasteiger partial charge on any atom is 0.322 e. The number of amides is 1. The van der Waals surface area contributed by atoms with Crippen molar-refractivity contribution in [3.63, 3.8) is 0 Å². The predicted molar refractivity (Wildman–Crippen MR) is 88.7 cm³/mol. The fourth-order valence-electron chi connectivity index (χ4n) is 2.43. The Kier molecular flexibility index (Phi) is 3.81. The van der Waals surface area contributed by atoms with E-state index in [1.807, 2.05) is 37.3 Å². The number of ether oxygens (including phenoxy) is 2. The number of aryl methyl sites for hydroxylation is 1. The number of benzene rings is 2. The van der Waals surface area contributed by atoms with E-state index < -0.39 is 6.10 Å². The van der Waals surface area contributed by atoms with E-state index in [9.17, 15) is 4.79 Å². The summed E-state index contributed by atoms with van der Waals surface area (Å²) >= 11 is 0. The number of fused-ring (bicyclic) bond motifs is 1. The largest absolute Gasteiger partial charge is 0.485 e. The molecule has 1 aliphatic heterocycles. The molecule has 0 spiro atoms. The molecule has 0 aliphatic carbocycles. The summed E-state index contributed by atoms with van der Waals surface area (Å²) in [5.74, 6) is 1.21. The highest BCUT2D eigenvalue weighted by Crippen LogP contribution is 2.35. The van der Waals surface area contributed by atoms with Crippen molar-refractivity contribution >= 4 is 11.9 Å². The number of carbonyl (C=O) groups excluding carboxylic acids is 1. The summed E-state index contributed by atoms with van der Waals surface area (Å²) in [6.45, 7) is 2.21. The normalized spacial score (nSPS) is 15.6. The summed E-state index contributed by atoms with van der Waals surface area (Å²) in [5, 5.41) is 10.4. The van der Waals surface area contributed by atoms with Gasteiger partial charge in [-0.15, -0.1) is 5.10 Å². The van der Waals surface area contributed by atoms with E-state index in [1.165, 1.54) is 0 Å². The molecule has 7 nitrogen and oxygen atoms in total. The van der Waals surface area contributed by atoms with Crippen molar-refractivity contribution in [1.29, 1.82) is 0 Å². The fraction of sp³-hybridized carbons (Fsp3) is 0.167. The lowest BCUT2D eigenvalue weighted by molar-refractivity contribution is 0.0716. The van der Waals surface area contributed by atoms with Gasteiger partial charge in [-0.1, -0.05) is 34.9 Å². The highest BCUT2D eigenvalue weighted by molar-refractivity contribution is 6.03. The van der Waals surface area contributed by atoms with Crippen LogP contribution >= 0.6 is 0 Å². The Balaban J connectivity index is 1.46. The van der Waals surface area contributed by atoms with Gasteiger partial charge in [-0.3, -0.25) is 10.1 Å². The molecule has 0 saturated carbocycles. The highest BCUT2D eigenvalue weighted by atomic mass is 16.6. The van der Waals surface area contributed by atoms with Gasteiger partial charge in [0.1, 0.15) is 6.61 Å². The number of carbonyl (C=O) groups is 1. The molecule has 1 aromatic heterocycles. The second kappa shape index (κ2) is 6.27. The van der Waals surface area contributed by atoms with Gasteiger partial charge in [0.15, 0.2) is 11.5 Å².